The zero-order valence-corrected chi connectivity index (χ0v) is 12.9. The molecule has 1 N–H and O–H groups in total. The Balaban J connectivity index is 2.21. The van der Waals surface area contributed by atoms with Gasteiger partial charge in [0, 0.05) is 11.6 Å². The van der Waals surface area contributed by atoms with Crippen molar-refractivity contribution in [1.82, 2.24) is 5.32 Å². The predicted octanol–water partition coefficient (Wildman–Crippen LogP) is 3.93. The predicted molar refractivity (Wildman–Crippen MR) is 82.5 cm³/mol. The third kappa shape index (κ3) is 3.45. The van der Waals surface area contributed by atoms with Crippen LogP contribution in [0.2, 0.25) is 0 Å². The van der Waals surface area contributed by atoms with Gasteiger partial charge in [-0.2, -0.15) is 0 Å². The topological polar surface area (TPSA) is 30.5 Å². The van der Waals surface area contributed by atoms with E-state index in [4.69, 9.17) is 9.47 Å². The van der Waals surface area contributed by atoms with Crippen LogP contribution in [0.1, 0.15) is 50.6 Å². The summed E-state index contributed by atoms with van der Waals surface area (Å²) in [5.41, 5.74) is 1.23. The average Bonchev–Trinajstić information content (AvgIpc) is 2.44. The van der Waals surface area contributed by atoms with Gasteiger partial charge in [-0.3, -0.25) is 0 Å². The van der Waals surface area contributed by atoms with Gasteiger partial charge in [0.05, 0.1) is 14.2 Å². The highest BCUT2D eigenvalue weighted by Crippen LogP contribution is 2.40. The molecule has 0 amide bonds. The third-order valence-electron chi connectivity index (χ3n) is 4.24. The third-order valence-corrected chi connectivity index (χ3v) is 4.24. The second-order valence-corrected chi connectivity index (χ2v) is 5.62. The lowest BCUT2D eigenvalue weighted by atomic mass is 9.79. The van der Waals surface area contributed by atoms with Crippen LogP contribution in [0.15, 0.2) is 18.2 Å². The molecule has 0 radical (unpaired) electrons. The van der Waals surface area contributed by atoms with Gasteiger partial charge in [-0.25, -0.2) is 0 Å². The zero-order valence-electron chi connectivity index (χ0n) is 12.9. The van der Waals surface area contributed by atoms with Crippen molar-refractivity contribution in [3.63, 3.8) is 0 Å². The van der Waals surface area contributed by atoms with Crippen LogP contribution < -0.4 is 14.8 Å². The van der Waals surface area contributed by atoms with Gasteiger partial charge >= 0.3 is 0 Å². The summed E-state index contributed by atoms with van der Waals surface area (Å²) in [5.74, 6) is 2.56. The van der Waals surface area contributed by atoms with Crippen molar-refractivity contribution in [1.29, 1.82) is 0 Å². The smallest absolute Gasteiger partial charge is 0.165 e. The molecule has 1 aromatic rings. The molecule has 1 atom stereocenters. The highest BCUT2D eigenvalue weighted by molar-refractivity contribution is 5.48. The summed E-state index contributed by atoms with van der Waals surface area (Å²) in [4.78, 5) is 0. The molecule has 1 aliphatic rings. The zero-order chi connectivity index (χ0) is 14.4. The summed E-state index contributed by atoms with van der Waals surface area (Å²) in [6.45, 7) is 3.24. The summed E-state index contributed by atoms with van der Waals surface area (Å²) in [7, 11) is 3.42. The van der Waals surface area contributed by atoms with E-state index in [9.17, 15) is 0 Å². The van der Waals surface area contributed by atoms with Crippen molar-refractivity contribution in [2.45, 2.75) is 45.1 Å². The minimum Gasteiger partial charge on any atom is -0.493 e. The van der Waals surface area contributed by atoms with E-state index in [1.54, 1.807) is 14.2 Å². The Morgan fingerprint density at radius 1 is 1.25 bits per heavy atom. The molecule has 0 heterocycles. The number of nitrogens with one attached hydrogen (secondary N) is 1. The number of hydrogen-bond acceptors (Lipinski definition) is 3. The van der Waals surface area contributed by atoms with E-state index in [-0.39, 0.29) is 0 Å². The van der Waals surface area contributed by atoms with Crippen LogP contribution in [0.25, 0.3) is 0 Å². The van der Waals surface area contributed by atoms with E-state index in [1.165, 1.54) is 31.2 Å². The van der Waals surface area contributed by atoms with Gasteiger partial charge in [0.2, 0.25) is 0 Å². The monoisotopic (exact) mass is 277 g/mol. The highest BCUT2D eigenvalue weighted by Gasteiger charge is 2.25. The van der Waals surface area contributed by atoms with Crippen LogP contribution in [0, 0.1) is 5.92 Å². The number of rotatable bonds is 8. The number of para-hydroxylation sites is 1. The van der Waals surface area contributed by atoms with E-state index < -0.39 is 0 Å². The molecule has 2 rings (SSSR count). The van der Waals surface area contributed by atoms with Gasteiger partial charge in [0.25, 0.3) is 0 Å². The van der Waals surface area contributed by atoms with E-state index in [0.29, 0.717) is 6.04 Å². The Hall–Kier alpha value is -1.22. The molecule has 1 fully saturated rings. The molecule has 0 bridgehead atoms. The molecular formula is C17H27NO2. The maximum absolute atomic E-state index is 5.60. The molecule has 3 heteroatoms. The molecule has 0 saturated heterocycles. The van der Waals surface area contributed by atoms with Crippen molar-refractivity contribution in [3.05, 3.63) is 23.8 Å². The molecule has 20 heavy (non-hydrogen) atoms. The van der Waals surface area contributed by atoms with Crippen LogP contribution in [0.3, 0.4) is 0 Å². The molecule has 0 aromatic heterocycles. The summed E-state index contributed by atoms with van der Waals surface area (Å²) in [6.07, 6.45) is 6.48. The lowest BCUT2D eigenvalue weighted by molar-refractivity contribution is 0.257. The van der Waals surface area contributed by atoms with Crippen LogP contribution in [-0.2, 0) is 0 Å². The molecule has 1 saturated carbocycles. The van der Waals surface area contributed by atoms with Gasteiger partial charge in [-0.05, 0) is 31.4 Å². The first-order chi connectivity index (χ1) is 9.80. The lowest BCUT2D eigenvalue weighted by Crippen LogP contribution is -2.27. The van der Waals surface area contributed by atoms with Crippen molar-refractivity contribution < 1.29 is 9.47 Å². The summed E-state index contributed by atoms with van der Waals surface area (Å²) in [5, 5.41) is 3.68. The van der Waals surface area contributed by atoms with Gasteiger partial charge in [-0.1, -0.05) is 38.3 Å². The molecule has 0 spiro atoms. The largest absolute Gasteiger partial charge is 0.493 e. The number of methoxy groups -OCH3 is 2. The first-order valence-corrected chi connectivity index (χ1v) is 7.74. The lowest BCUT2D eigenvalue weighted by Gasteiger charge is -2.31. The summed E-state index contributed by atoms with van der Waals surface area (Å²) < 4.78 is 11.0. The van der Waals surface area contributed by atoms with E-state index in [1.807, 2.05) is 6.07 Å². The van der Waals surface area contributed by atoms with Crippen LogP contribution in [0.5, 0.6) is 11.5 Å². The minimum atomic E-state index is 0.366. The normalized spacial score (nSPS) is 16.6. The number of ether oxygens (including phenoxy) is 2. The van der Waals surface area contributed by atoms with Crippen LogP contribution in [-0.4, -0.2) is 20.8 Å². The number of hydrogen-bond donors (Lipinski definition) is 1. The fourth-order valence-corrected chi connectivity index (χ4v) is 2.89. The summed E-state index contributed by atoms with van der Waals surface area (Å²) >= 11 is 0. The average molecular weight is 277 g/mol. The minimum absolute atomic E-state index is 0.366. The van der Waals surface area contributed by atoms with Crippen LogP contribution >= 0.6 is 0 Å². The SMILES string of the molecule is CCCNC(CC1CCC1)c1cccc(OC)c1OC. The first-order valence-electron chi connectivity index (χ1n) is 7.74. The first kappa shape index (κ1) is 15.2. The Morgan fingerprint density at radius 2 is 2.05 bits per heavy atom. The Kier molecular flexibility index (Phi) is 5.72. The van der Waals surface area contributed by atoms with Crippen molar-refractivity contribution in [2.75, 3.05) is 20.8 Å². The fraction of sp³-hybridized carbons (Fsp3) is 0.647. The molecule has 1 aliphatic carbocycles. The van der Waals surface area contributed by atoms with Crippen molar-refractivity contribution in [3.8, 4) is 11.5 Å². The maximum atomic E-state index is 5.60. The van der Waals surface area contributed by atoms with Crippen molar-refractivity contribution >= 4 is 0 Å². The summed E-state index contributed by atoms with van der Waals surface area (Å²) in [6, 6.07) is 6.54. The molecule has 1 aromatic carbocycles. The second kappa shape index (κ2) is 7.53. The maximum Gasteiger partial charge on any atom is 0.165 e. The molecule has 112 valence electrons. The van der Waals surface area contributed by atoms with E-state index in [2.05, 4.69) is 24.4 Å². The van der Waals surface area contributed by atoms with Gasteiger partial charge in [0.15, 0.2) is 11.5 Å². The Bertz CT molecular complexity index is 415. The molecule has 1 unspecified atom stereocenters. The molecule has 0 aliphatic heterocycles. The van der Waals surface area contributed by atoms with Gasteiger partial charge < -0.3 is 14.8 Å². The van der Waals surface area contributed by atoms with E-state index in [0.717, 1.165) is 30.4 Å². The van der Waals surface area contributed by atoms with E-state index >= 15 is 0 Å². The molecule has 3 nitrogen and oxygen atoms in total. The van der Waals surface area contributed by atoms with Gasteiger partial charge in [0.1, 0.15) is 0 Å². The van der Waals surface area contributed by atoms with Crippen molar-refractivity contribution in [2.24, 2.45) is 5.92 Å². The Morgan fingerprint density at radius 3 is 2.60 bits per heavy atom. The van der Waals surface area contributed by atoms with Crippen LogP contribution in [0.4, 0.5) is 0 Å². The van der Waals surface area contributed by atoms with Gasteiger partial charge in [-0.15, -0.1) is 0 Å². The number of benzene rings is 1. The second-order valence-electron chi connectivity index (χ2n) is 5.62. The molecular weight excluding hydrogens is 250 g/mol. The standard InChI is InChI=1S/C17H27NO2/c1-4-11-18-15(12-13-7-5-8-13)14-9-6-10-16(19-2)17(14)20-3/h6,9-10,13,15,18H,4-5,7-8,11-12H2,1-3H3. The fourth-order valence-electron chi connectivity index (χ4n) is 2.89. The highest BCUT2D eigenvalue weighted by atomic mass is 16.5. The Labute approximate surface area is 122 Å². The quantitative estimate of drug-likeness (QED) is 0.781.